The second-order valence-corrected chi connectivity index (χ2v) is 6.88. The number of alkyl halides is 3. The van der Waals surface area contributed by atoms with Crippen molar-refractivity contribution in [2.75, 3.05) is 6.54 Å². The Morgan fingerprint density at radius 3 is 2.58 bits per heavy atom. The lowest BCUT2D eigenvalue weighted by Gasteiger charge is -2.22. The molecule has 1 saturated heterocycles. The molecule has 1 aromatic carbocycles. The van der Waals surface area contributed by atoms with E-state index in [4.69, 9.17) is 4.52 Å². The maximum Gasteiger partial charge on any atom is 0.416 e. The Labute approximate surface area is 148 Å². The molecule has 1 aromatic heterocycles. The van der Waals surface area contributed by atoms with Gasteiger partial charge in [-0.05, 0) is 43.4 Å². The van der Waals surface area contributed by atoms with Crippen LogP contribution in [0.4, 0.5) is 13.2 Å². The van der Waals surface area contributed by atoms with Crippen LogP contribution in [0.25, 0.3) is 0 Å². The Morgan fingerprint density at radius 2 is 1.92 bits per heavy atom. The molecule has 1 saturated carbocycles. The van der Waals surface area contributed by atoms with Crippen molar-refractivity contribution in [2.24, 2.45) is 0 Å². The molecule has 26 heavy (non-hydrogen) atoms. The van der Waals surface area contributed by atoms with Crippen molar-refractivity contribution in [1.29, 1.82) is 0 Å². The third-order valence-corrected chi connectivity index (χ3v) is 4.89. The Hall–Kier alpha value is -2.38. The minimum atomic E-state index is -4.38. The largest absolute Gasteiger partial charge is 0.416 e. The topological polar surface area (TPSA) is 59.2 Å². The quantitative estimate of drug-likeness (QED) is 0.825. The zero-order valence-corrected chi connectivity index (χ0v) is 14.0. The van der Waals surface area contributed by atoms with Gasteiger partial charge in [-0.25, -0.2) is 0 Å². The van der Waals surface area contributed by atoms with Gasteiger partial charge in [0.05, 0.1) is 12.0 Å². The molecule has 2 heterocycles. The Bertz CT molecular complexity index is 797. The number of amides is 1. The van der Waals surface area contributed by atoms with Crippen LogP contribution in [0.1, 0.15) is 60.5 Å². The number of halogens is 3. The van der Waals surface area contributed by atoms with Crippen LogP contribution in [0.3, 0.4) is 0 Å². The molecule has 138 valence electrons. The van der Waals surface area contributed by atoms with Crippen LogP contribution in [0.15, 0.2) is 28.8 Å². The van der Waals surface area contributed by atoms with Crippen LogP contribution < -0.4 is 0 Å². The van der Waals surface area contributed by atoms with Crippen molar-refractivity contribution < 1.29 is 22.5 Å². The molecule has 1 aliphatic heterocycles. The van der Waals surface area contributed by atoms with Crippen molar-refractivity contribution in [3.8, 4) is 0 Å². The lowest BCUT2D eigenvalue weighted by atomic mass is 10.1. The van der Waals surface area contributed by atoms with Gasteiger partial charge < -0.3 is 9.42 Å². The fourth-order valence-electron chi connectivity index (χ4n) is 3.30. The predicted octanol–water partition coefficient (Wildman–Crippen LogP) is 3.87. The van der Waals surface area contributed by atoms with E-state index < -0.39 is 11.7 Å². The smallest absolute Gasteiger partial charge is 0.337 e. The molecule has 1 atom stereocenters. The summed E-state index contributed by atoms with van der Waals surface area (Å²) in [5.41, 5.74) is -0.163. The number of hydrogen-bond acceptors (Lipinski definition) is 4. The van der Waals surface area contributed by atoms with Crippen LogP contribution >= 0.6 is 0 Å². The zero-order chi connectivity index (χ0) is 18.3. The number of benzene rings is 1. The number of nitrogens with zero attached hydrogens (tertiary/aromatic N) is 3. The van der Waals surface area contributed by atoms with Crippen LogP contribution in [0.5, 0.6) is 0 Å². The number of rotatable bonds is 4. The lowest BCUT2D eigenvalue weighted by Crippen LogP contribution is -2.32. The summed E-state index contributed by atoms with van der Waals surface area (Å²) in [5.74, 6) is 1.41. The molecule has 0 bridgehead atoms. The molecular weight excluding hydrogens is 347 g/mol. The molecule has 8 heteroatoms. The monoisotopic (exact) mass is 365 g/mol. The van der Waals surface area contributed by atoms with E-state index >= 15 is 0 Å². The van der Waals surface area contributed by atoms with Crippen molar-refractivity contribution in [3.63, 3.8) is 0 Å². The van der Waals surface area contributed by atoms with E-state index in [-0.39, 0.29) is 18.4 Å². The molecule has 1 aliphatic carbocycles. The normalized spacial score (nSPS) is 20.6. The summed E-state index contributed by atoms with van der Waals surface area (Å²) in [5, 5.41) is 4.00. The predicted molar refractivity (Wildman–Crippen MR) is 85.1 cm³/mol. The standard InChI is InChI=1S/C18H18F3N3O2/c19-18(20,21)13-7-3-11(4-8-13)10-15(25)24-9-1-2-14(24)17-22-16(23-26-17)12-5-6-12/h3-4,7-8,12,14H,1-2,5-6,9-10H2/t14-/m0/s1. The van der Waals surface area contributed by atoms with Gasteiger partial charge in [-0.2, -0.15) is 18.2 Å². The highest BCUT2D eigenvalue weighted by Gasteiger charge is 2.36. The van der Waals surface area contributed by atoms with E-state index in [9.17, 15) is 18.0 Å². The van der Waals surface area contributed by atoms with Crippen LogP contribution in [-0.4, -0.2) is 27.5 Å². The van der Waals surface area contributed by atoms with Gasteiger partial charge in [0.25, 0.3) is 0 Å². The second kappa shape index (κ2) is 6.41. The second-order valence-electron chi connectivity index (χ2n) is 6.88. The van der Waals surface area contributed by atoms with Crippen molar-refractivity contribution in [3.05, 3.63) is 47.1 Å². The van der Waals surface area contributed by atoms with Crippen molar-refractivity contribution in [2.45, 2.75) is 50.2 Å². The van der Waals surface area contributed by atoms with Gasteiger partial charge in [0.1, 0.15) is 6.04 Å². The first-order valence-electron chi connectivity index (χ1n) is 8.71. The summed E-state index contributed by atoms with van der Waals surface area (Å²) in [4.78, 5) is 18.8. The average Bonchev–Trinajstić information content (AvgIpc) is 3.13. The summed E-state index contributed by atoms with van der Waals surface area (Å²) in [6, 6.07) is 4.47. The van der Waals surface area contributed by atoms with Gasteiger partial charge in [0.2, 0.25) is 11.8 Å². The highest BCUT2D eigenvalue weighted by molar-refractivity contribution is 5.79. The van der Waals surface area contributed by atoms with E-state index in [1.165, 1.54) is 12.1 Å². The van der Waals surface area contributed by atoms with Gasteiger partial charge in [-0.1, -0.05) is 17.3 Å². The number of carbonyl (C=O) groups excluding carboxylic acids is 1. The molecule has 5 nitrogen and oxygen atoms in total. The fourth-order valence-corrected chi connectivity index (χ4v) is 3.30. The van der Waals surface area contributed by atoms with Gasteiger partial charge in [0.15, 0.2) is 5.82 Å². The number of hydrogen-bond donors (Lipinski definition) is 0. The summed E-state index contributed by atoms with van der Waals surface area (Å²) in [6.07, 6.45) is -0.589. The molecule has 4 rings (SSSR count). The Morgan fingerprint density at radius 1 is 1.19 bits per heavy atom. The van der Waals surface area contributed by atoms with Gasteiger partial charge in [-0.3, -0.25) is 4.79 Å². The highest BCUT2D eigenvalue weighted by atomic mass is 19.4. The molecule has 0 unspecified atom stereocenters. The molecular formula is C18H18F3N3O2. The molecule has 2 fully saturated rings. The summed E-state index contributed by atoms with van der Waals surface area (Å²) in [7, 11) is 0. The summed E-state index contributed by atoms with van der Waals surface area (Å²) >= 11 is 0. The van der Waals surface area contributed by atoms with Gasteiger partial charge >= 0.3 is 6.18 Å². The van der Waals surface area contributed by atoms with E-state index in [2.05, 4.69) is 10.1 Å². The van der Waals surface area contributed by atoms with E-state index in [0.29, 0.717) is 29.7 Å². The maximum absolute atomic E-state index is 12.6. The minimum Gasteiger partial charge on any atom is -0.337 e. The first-order chi connectivity index (χ1) is 12.4. The Kier molecular flexibility index (Phi) is 4.20. The molecule has 1 amide bonds. The first kappa shape index (κ1) is 17.1. The lowest BCUT2D eigenvalue weighted by molar-refractivity contribution is -0.137. The van der Waals surface area contributed by atoms with E-state index in [1.54, 1.807) is 4.90 Å². The third-order valence-electron chi connectivity index (χ3n) is 4.89. The summed E-state index contributed by atoms with van der Waals surface area (Å²) < 4.78 is 43.2. The highest BCUT2D eigenvalue weighted by Crippen LogP contribution is 2.40. The molecule has 2 aromatic rings. The SMILES string of the molecule is O=C(Cc1ccc(C(F)(F)F)cc1)N1CCC[C@H]1c1nc(C2CC2)no1. The summed E-state index contributed by atoms with van der Waals surface area (Å²) in [6.45, 7) is 0.589. The molecule has 0 N–H and O–H groups in total. The zero-order valence-electron chi connectivity index (χ0n) is 14.0. The molecule has 2 aliphatic rings. The number of likely N-dealkylation sites (tertiary alicyclic amines) is 1. The van der Waals surface area contributed by atoms with Crippen LogP contribution in [-0.2, 0) is 17.4 Å². The fraction of sp³-hybridized carbons (Fsp3) is 0.500. The van der Waals surface area contributed by atoms with Crippen molar-refractivity contribution >= 4 is 5.91 Å². The van der Waals surface area contributed by atoms with E-state index in [0.717, 1.165) is 37.8 Å². The molecule has 0 radical (unpaired) electrons. The number of carbonyl (C=O) groups is 1. The van der Waals surface area contributed by atoms with E-state index in [1.807, 2.05) is 0 Å². The van der Waals surface area contributed by atoms with Crippen LogP contribution in [0, 0.1) is 0 Å². The van der Waals surface area contributed by atoms with Crippen molar-refractivity contribution in [1.82, 2.24) is 15.0 Å². The maximum atomic E-state index is 12.6. The first-order valence-corrected chi connectivity index (χ1v) is 8.71. The minimum absolute atomic E-state index is 0.0538. The van der Waals surface area contributed by atoms with Gasteiger partial charge in [-0.15, -0.1) is 0 Å². The number of aromatic nitrogens is 2. The Balaban J connectivity index is 1.44. The molecule has 0 spiro atoms. The average molecular weight is 365 g/mol. The van der Waals surface area contributed by atoms with Crippen LogP contribution in [0.2, 0.25) is 0 Å². The van der Waals surface area contributed by atoms with Gasteiger partial charge in [0, 0.05) is 12.5 Å². The third kappa shape index (κ3) is 3.45.